The van der Waals surface area contributed by atoms with E-state index in [4.69, 9.17) is 4.74 Å². The number of carbonyl (C=O) groups excluding carboxylic acids is 1. The highest BCUT2D eigenvalue weighted by Gasteiger charge is 2.02. The third-order valence-corrected chi connectivity index (χ3v) is 2.92. The standard InChI is InChI=1S/C19H18O2/c1-2-21-19(20)15-18(17-11-7-4-8-12-17)14-13-16-9-5-3-6-10-16/h3-15H,2H2,1H3/b14-13+,18-15-. The smallest absolute Gasteiger partial charge is 0.331 e. The van der Waals surface area contributed by atoms with Crippen LogP contribution in [0.4, 0.5) is 0 Å². The molecule has 0 N–H and O–H groups in total. The van der Waals surface area contributed by atoms with E-state index in [2.05, 4.69) is 0 Å². The number of carbonyl (C=O) groups is 1. The summed E-state index contributed by atoms with van der Waals surface area (Å²) in [6.07, 6.45) is 5.44. The zero-order valence-corrected chi connectivity index (χ0v) is 12.0. The van der Waals surface area contributed by atoms with E-state index < -0.39 is 0 Å². The van der Waals surface area contributed by atoms with Crippen LogP contribution < -0.4 is 0 Å². The number of benzene rings is 2. The lowest BCUT2D eigenvalue weighted by Gasteiger charge is -2.03. The molecule has 0 saturated carbocycles. The molecule has 0 aromatic heterocycles. The van der Waals surface area contributed by atoms with Crippen molar-refractivity contribution in [3.05, 3.63) is 83.9 Å². The van der Waals surface area contributed by atoms with Gasteiger partial charge in [-0.15, -0.1) is 0 Å². The summed E-state index contributed by atoms with van der Waals surface area (Å²) in [6.45, 7) is 2.17. The SMILES string of the molecule is CCOC(=O)/C=C(/C=C/c1ccccc1)c1ccccc1. The van der Waals surface area contributed by atoms with E-state index in [-0.39, 0.29) is 5.97 Å². The van der Waals surface area contributed by atoms with Crippen molar-refractivity contribution < 1.29 is 9.53 Å². The minimum Gasteiger partial charge on any atom is -0.463 e. The Balaban J connectivity index is 2.28. The molecule has 21 heavy (non-hydrogen) atoms. The van der Waals surface area contributed by atoms with Crippen LogP contribution >= 0.6 is 0 Å². The summed E-state index contributed by atoms with van der Waals surface area (Å²) in [7, 11) is 0. The molecular formula is C19H18O2. The summed E-state index contributed by atoms with van der Waals surface area (Å²) in [5.41, 5.74) is 2.90. The van der Waals surface area contributed by atoms with Crippen molar-refractivity contribution in [3.8, 4) is 0 Å². The third-order valence-electron chi connectivity index (χ3n) is 2.92. The molecule has 0 amide bonds. The Morgan fingerprint density at radius 1 is 1.00 bits per heavy atom. The Morgan fingerprint density at radius 2 is 1.62 bits per heavy atom. The molecule has 0 aliphatic heterocycles. The van der Waals surface area contributed by atoms with Crippen molar-refractivity contribution >= 4 is 17.6 Å². The van der Waals surface area contributed by atoms with Crippen molar-refractivity contribution in [2.24, 2.45) is 0 Å². The van der Waals surface area contributed by atoms with Crippen LogP contribution in [0.5, 0.6) is 0 Å². The minimum absolute atomic E-state index is 0.325. The van der Waals surface area contributed by atoms with Crippen LogP contribution in [-0.4, -0.2) is 12.6 Å². The van der Waals surface area contributed by atoms with Gasteiger partial charge in [0.15, 0.2) is 0 Å². The van der Waals surface area contributed by atoms with Crippen LogP contribution in [0.2, 0.25) is 0 Å². The van der Waals surface area contributed by atoms with E-state index in [0.717, 1.165) is 16.7 Å². The molecule has 0 unspecified atom stereocenters. The summed E-state index contributed by atoms with van der Waals surface area (Å²) in [6, 6.07) is 19.8. The highest BCUT2D eigenvalue weighted by atomic mass is 16.5. The number of allylic oxidation sites excluding steroid dienone is 2. The average Bonchev–Trinajstić information content (AvgIpc) is 2.53. The van der Waals surface area contributed by atoms with Crippen LogP contribution in [0.15, 0.2) is 72.8 Å². The molecule has 2 aromatic rings. The second-order valence-corrected chi connectivity index (χ2v) is 4.46. The molecule has 2 rings (SSSR count). The van der Waals surface area contributed by atoms with Gasteiger partial charge < -0.3 is 4.74 Å². The number of esters is 1. The van der Waals surface area contributed by atoms with E-state index in [9.17, 15) is 4.79 Å². The lowest BCUT2D eigenvalue weighted by atomic mass is 10.0. The van der Waals surface area contributed by atoms with Gasteiger partial charge in [0.1, 0.15) is 0 Å². The van der Waals surface area contributed by atoms with Gasteiger partial charge in [-0.2, -0.15) is 0 Å². The predicted octanol–water partition coefficient (Wildman–Crippen LogP) is 4.35. The molecule has 0 atom stereocenters. The fraction of sp³-hybridized carbons (Fsp3) is 0.105. The fourth-order valence-corrected chi connectivity index (χ4v) is 1.92. The third kappa shape index (κ3) is 4.77. The van der Waals surface area contributed by atoms with Gasteiger partial charge in [-0.1, -0.05) is 72.8 Å². The average molecular weight is 278 g/mol. The Bertz CT molecular complexity index is 625. The second kappa shape index (κ2) is 7.85. The first kappa shape index (κ1) is 14.8. The van der Waals surface area contributed by atoms with Gasteiger partial charge in [-0.25, -0.2) is 4.79 Å². The zero-order valence-electron chi connectivity index (χ0n) is 12.0. The maximum Gasteiger partial charge on any atom is 0.331 e. The van der Waals surface area contributed by atoms with Crippen molar-refractivity contribution in [1.82, 2.24) is 0 Å². The fourth-order valence-electron chi connectivity index (χ4n) is 1.92. The number of ether oxygens (including phenoxy) is 1. The van der Waals surface area contributed by atoms with Gasteiger partial charge in [0, 0.05) is 6.08 Å². The molecular weight excluding hydrogens is 260 g/mol. The Morgan fingerprint density at radius 3 is 2.24 bits per heavy atom. The van der Waals surface area contributed by atoms with Gasteiger partial charge in [0.05, 0.1) is 6.61 Å². The Labute approximate surface area is 125 Å². The topological polar surface area (TPSA) is 26.3 Å². The molecule has 0 fully saturated rings. The van der Waals surface area contributed by atoms with Crippen LogP contribution in [0.3, 0.4) is 0 Å². The van der Waals surface area contributed by atoms with Gasteiger partial charge in [-0.05, 0) is 23.6 Å². The summed E-state index contributed by atoms with van der Waals surface area (Å²) >= 11 is 0. The maximum atomic E-state index is 11.7. The molecule has 2 heteroatoms. The molecule has 0 saturated heterocycles. The van der Waals surface area contributed by atoms with Crippen LogP contribution in [0.1, 0.15) is 18.1 Å². The van der Waals surface area contributed by atoms with E-state index in [1.807, 2.05) is 72.8 Å². The van der Waals surface area contributed by atoms with E-state index in [1.165, 1.54) is 6.08 Å². The van der Waals surface area contributed by atoms with Gasteiger partial charge in [0.2, 0.25) is 0 Å². The van der Waals surface area contributed by atoms with E-state index in [0.29, 0.717) is 6.61 Å². The molecule has 0 bridgehead atoms. The van der Waals surface area contributed by atoms with E-state index >= 15 is 0 Å². The maximum absolute atomic E-state index is 11.7. The minimum atomic E-state index is -0.325. The number of hydrogen-bond acceptors (Lipinski definition) is 2. The Hall–Kier alpha value is -2.61. The lowest BCUT2D eigenvalue weighted by molar-refractivity contribution is -0.137. The largest absolute Gasteiger partial charge is 0.463 e. The summed E-state index contributed by atoms with van der Waals surface area (Å²) in [4.78, 5) is 11.7. The first-order chi connectivity index (χ1) is 10.3. The lowest BCUT2D eigenvalue weighted by Crippen LogP contribution is -2.00. The van der Waals surface area contributed by atoms with Crippen molar-refractivity contribution in [2.75, 3.05) is 6.61 Å². The van der Waals surface area contributed by atoms with Crippen molar-refractivity contribution in [3.63, 3.8) is 0 Å². The summed E-state index contributed by atoms with van der Waals surface area (Å²) in [5, 5.41) is 0. The normalized spacial score (nSPS) is 11.6. The molecule has 2 aromatic carbocycles. The van der Waals surface area contributed by atoms with Crippen LogP contribution in [0.25, 0.3) is 11.6 Å². The summed E-state index contributed by atoms with van der Waals surface area (Å²) in [5.74, 6) is -0.325. The summed E-state index contributed by atoms with van der Waals surface area (Å²) < 4.78 is 5.00. The second-order valence-electron chi connectivity index (χ2n) is 4.46. The molecule has 0 spiro atoms. The monoisotopic (exact) mass is 278 g/mol. The number of hydrogen-bond donors (Lipinski definition) is 0. The van der Waals surface area contributed by atoms with Crippen LogP contribution in [-0.2, 0) is 9.53 Å². The van der Waals surface area contributed by atoms with Gasteiger partial charge in [0.25, 0.3) is 0 Å². The molecule has 0 aliphatic carbocycles. The molecule has 2 nitrogen and oxygen atoms in total. The van der Waals surface area contributed by atoms with E-state index in [1.54, 1.807) is 6.92 Å². The quantitative estimate of drug-likeness (QED) is 0.462. The molecule has 0 radical (unpaired) electrons. The molecule has 106 valence electrons. The number of rotatable bonds is 5. The zero-order chi connectivity index (χ0) is 14.9. The van der Waals surface area contributed by atoms with Crippen molar-refractivity contribution in [2.45, 2.75) is 6.92 Å². The van der Waals surface area contributed by atoms with Crippen molar-refractivity contribution in [1.29, 1.82) is 0 Å². The first-order valence-electron chi connectivity index (χ1n) is 6.96. The molecule has 0 aliphatic rings. The van der Waals surface area contributed by atoms with Crippen LogP contribution in [0, 0.1) is 0 Å². The van der Waals surface area contributed by atoms with Gasteiger partial charge in [-0.3, -0.25) is 0 Å². The first-order valence-corrected chi connectivity index (χ1v) is 6.96. The molecule has 0 heterocycles. The highest BCUT2D eigenvalue weighted by molar-refractivity contribution is 5.95. The predicted molar refractivity (Wildman–Crippen MR) is 86.5 cm³/mol. The Kier molecular flexibility index (Phi) is 5.53. The highest BCUT2D eigenvalue weighted by Crippen LogP contribution is 2.17. The van der Waals surface area contributed by atoms with Gasteiger partial charge >= 0.3 is 5.97 Å².